The number of hydrogen-bond acceptors (Lipinski definition) is 3. The molecule has 1 aromatic carbocycles. The molecule has 0 bridgehead atoms. The summed E-state index contributed by atoms with van der Waals surface area (Å²) in [5.41, 5.74) is 1.15. The monoisotopic (exact) mass is 218 g/mol. The zero-order chi connectivity index (χ0) is 11.5. The minimum Gasteiger partial charge on any atom is -0.492 e. The first-order valence-electron chi connectivity index (χ1n) is 4.88. The first-order chi connectivity index (χ1) is 7.68. The molecule has 0 spiro atoms. The molecular weight excluding hydrogens is 208 g/mol. The van der Waals surface area contributed by atoms with E-state index in [4.69, 9.17) is 9.84 Å². The second kappa shape index (κ2) is 4.18. The van der Waals surface area contributed by atoms with Crippen LogP contribution in [0.25, 0.3) is 6.08 Å². The molecule has 1 heterocycles. The second-order valence-corrected chi connectivity index (χ2v) is 3.42. The van der Waals surface area contributed by atoms with Crippen LogP contribution in [0.5, 0.6) is 5.75 Å². The molecule has 4 heteroatoms. The third-order valence-electron chi connectivity index (χ3n) is 2.33. The summed E-state index contributed by atoms with van der Waals surface area (Å²) in [6.07, 6.45) is 2.83. The molecule has 0 unspecified atom stereocenters. The Morgan fingerprint density at radius 1 is 1.44 bits per heavy atom. The Labute approximate surface area is 92.2 Å². The Kier molecular flexibility index (Phi) is 2.72. The van der Waals surface area contributed by atoms with E-state index in [2.05, 4.69) is 0 Å². The fourth-order valence-electron chi connectivity index (χ4n) is 1.61. The first-order valence-corrected chi connectivity index (χ1v) is 4.88. The van der Waals surface area contributed by atoms with Gasteiger partial charge in [-0.3, -0.25) is 4.79 Å². The predicted molar refractivity (Wildman–Crippen MR) is 57.6 cm³/mol. The molecule has 0 fully saturated rings. The van der Waals surface area contributed by atoms with Crippen LogP contribution in [0.15, 0.2) is 24.3 Å². The quantitative estimate of drug-likeness (QED) is 0.768. The molecule has 0 saturated carbocycles. The SMILES string of the molecule is O=C(O)C=Cc1cccc2c1OCCC2=O. The Balaban J connectivity index is 2.43. The molecule has 0 aliphatic carbocycles. The van der Waals surface area contributed by atoms with Crippen molar-refractivity contribution in [2.45, 2.75) is 6.42 Å². The fourth-order valence-corrected chi connectivity index (χ4v) is 1.61. The number of aliphatic carboxylic acids is 1. The van der Waals surface area contributed by atoms with Gasteiger partial charge in [0.05, 0.1) is 12.2 Å². The van der Waals surface area contributed by atoms with E-state index in [0.717, 1.165) is 6.08 Å². The smallest absolute Gasteiger partial charge is 0.328 e. The molecule has 0 aromatic heterocycles. The van der Waals surface area contributed by atoms with Crippen LogP contribution >= 0.6 is 0 Å². The molecular formula is C12H10O4. The molecule has 0 saturated heterocycles. The summed E-state index contributed by atoms with van der Waals surface area (Å²) in [5.74, 6) is -0.511. The zero-order valence-electron chi connectivity index (χ0n) is 8.47. The van der Waals surface area contributed by atoms with Gasteiger partial charge in [0.1, 0.15) is 5.75 Å². The van der Waals surface area contributed by atoms with Crippen molar-refractivity contribution in [2.75, 3.05) is 6.61 Å². The highest BCUT2D eigenvalue weighted by molar-refractivity contribution is 6.01. The summed E-state index contributed by atoms with van der Waals surface area (Å²) in [7, 11) is 0. The highest BCUT2D eigenvalue weighted by Gasteiger charge is 2.19. The summed E-state index contributed by atoms with van der Waals surface area (Å²) < 4.78 is 5.39. The maximum atomic E-state index is 11.6. The van der Waals surface area contributed by atoms with Crippen molar-refractivity contribution in [3.63, 3.8) is 0 Å². The summed E-state index contributed by atoms with van der Waals surface area (Å²) in [6.45, 7) is 0.351. The van der Waals surface area contributed by atoms with Crippen LogP contribution in [0, 0.1) is 0 Å². The summed E-state index contributed by atoms with van der Waals surface area (Å²) in [4.78, 5) is 22.0. The second-order valence-electron chi connectivity index (χ2n) is 3.42. The van der Waals surface area contributed by atoms with Crippen molar-refractivity contribution >= 4 is 17.8 Å². The number of para-hydroxylation sites is 1. The van der Waals surface area contributed by atoms with Crippen molar-refractivity contribution in [1.82, 2.24) is 0 Å². The minimum atomic E-state index is -1.03. The predicted octanol–water partition coefficient (Wildman–Crippen LogP) is 1.75. The molecule has 82 valence electrons. The minimum absolute atomic E-state index is 0.0341. The number of ketones is 1. The molecule has 1 aliphatic heterocycles. The molecule has 4 nitrogen and oxygen atoms in total. The fraction of sp³-hybridized carbons (Fsp3) is 0.167. The Hall–Kier alpha value is -2.10. The number of ether oxygens (including phenoxy) is 1. The summed E-state index contributed by atoms with van der Waals surface area (Å²) in [6, 6.07) is 5.12. The third-order valence-corrected chi connectivity index (χ3v) is 2.33. The van der Waals surface area contributed by atoms with E-state index in [9.17, 15) is 9.59 Å². The summed E-state index contributed by atoms with van der Waals surface area (Å²) >= 11 is 0. The van der Waals surface area contributed by atoms with E-state index in [1.807, 2.05) is 0 Å². The molecule has 0 atom stereocenters. The highest BCUT2D eigenvalue weighted by atomic mass is 16.5. The number of carbonyl (C=O) groups excluding carboxylic acids is 1. The number of carboxylic acids is 1. The molecule has 0 amide bonds. The summed E-state index contributed by atoms with van der Waals surface area (Å²) in [5, 5.41) is 8.54. The molecule has 1 N–H and O–H groups in total. The van der Waals surface area contributed by atoms with E-state index in [1.54, 1.807) is 18.2 Å². The van der Waals surface area contributed by atoms with E-state index < -0.39 is 5.97 Å². The number of hydrogen-bond donors (Lipinski definition) is 1. The van der Waals surface area contributed by atoms with Crippen molar-refractivity contribution in [3.05, 3.63) is 35.4 Å². The topological polar surface area (TPSA) is 63.6 Å². The lowest BCUT2D eigenvalue weighted by Crippen LogP contribution is -2.15. The standard InChI is InChI=1S/C12H10O4/c13-10-6-7-16-12-8(4-5-11(14)15)2-1-3-9(10)12/h1-5H,6-7H2,(H,14,15). The van der Waals surface area contributed by atoms with E-state index in [1.165, 1.54) is 6.08 Å². The van der Waals surface area contributed by atoms with Gasteiger partial charge in [-0.05, 0) is 12.1 Å². The third kappa shape index (κ3) is 1.95. The van der Waals surface area contributed by atoms with Crippen LogP contribution in [0.3, 0.4) is 0 Å². The van der Waals surface area contributed by atoms with Crippen LogP contribution < -0.4 is 4.74 Å². The lowest BCUT2D eigenvalue weighted by Gasteiger charge is -2.17. The average molecular weight is 218 g/mol. The van der Waals surface area contributed by atoms with E-state index in [-0.39, 0.29) is 5.78 Å². The number of carboxylic acid groups (broad SMARTS) is 1. The van der Waals surface area contributed by atoms with Gasteiger partial charge in [-0.2, -0.15) is 0 Å². The van der Waals surface area contributed by atoms with Gasteiger partial charge >= 0.3 is 5.97 Å². The van der Waals surface area contributed by atoms with Crippen molar-refractivity contribution < 1.29 is 19.4 Å². The van der Waals surface area contributed by atoms with Gasteiger partial charge in [-0.25, -0.2) is 4.79 Å². The Bertz CT molecular complexity index is 474. The maximum absolute atomic E-state index is 11.6. The lowest BCUT2D eigenvalue weighted by molar-refractivity contribution is -0.131. The van der Waals surface area contributed by atoms with Crippen LogP contribution in [0.4, 0.5) is 0 Å². The number of carbonyl (C=O) groups is 2. The number of rotatable bonds is 2. The average Bonchev–Trinajstić information content (AvgIpc) is 2.27. The van der Waals surface area contributed by atoms with Gasteiger partial charge in [-0.15, -0.1) is 0 Å². The largest absolute Gasteiger partial charge is 0.492 e. The van der Waals surface area contributed by atoms with Crippen LogP contribution in [0.1, 0.15) is 22.3 Å². The number of fused-ring (bicyclic) bond motifs is 1. The maximum Gasteiger partial charge on any atom is 0.328 e. The molecule has 16 heavy (non-hydrogen) atoms. The number of benzene rings is 1. The Morgan fingerprint density at radius 2 is 2.25 bits per heavy atom. The normalized spacial score (nSPS) is 14.6. The van der Waals surface area contributed by atoms with Gasteiger partial charge < -0.3 is 9.84 Å². The lowest BCUT2D eigenvalue weighted by atomic mass is 10.0. The van der Waals surface area contributed by atoms with Gasteiger partial charge in [-0.1, -0.05) is 12.1 Å². The van der Waals surface area contributed by atoms with Crippen molar-refractivity contribution in [1.29, 1.82) is 0 Å². The van der Waals surface area contributed by atoms with E-state index in [0.29, 0.717) is 29.9 Å². The van der Waals surface area contributed by atoms with Crippen LogP contribution in [-0.2, 0) is 4.79 Å². The molecule has 1 aliphatic rings. The number of Topliss-reactive ketones (excluding diaryl/α,β-unsaturated/α-hetero) is 1. The van der Waals surface area contributed by atoms with Crippen LogP contribution in [-0.4, -0.2) is 23.5 Å². The highest BCUT2D eigenvalue weighted by Crippen LogP contribution is 2.29. The van der Waals surface area contributed by atoms with Crippen molar-refractivity contribution in [2.24, 2.45) is 0 Å². The van der Waals surface area contributed by atoms with Gasteiger partial charge in [0, 0.05) is 18.1 Å². The molecule has 0 radical (unpaired) electrons. The van der Waals surface area contributed by atoms with Gasteiger partial charge in [0.2, 0.25) is 0 Å². The first kappa shape index (κ1) is 10.4. The van der Waals surface area contributed by atoms with E-state index >= 15 is 0 Å². The molecule has 2 rings (SSSR count). The van der Waals surface area contributed by atoms with Gasteiger partial charge in [0.15, 0.2) is 5.78 Å². The Morgan fingerprint density at radius 3 is 3.00 bits per heavy atom. The van der Waals surface area contributed by atoms with Gasteiger partial charge in [0.25, 0.3) is 0 Å². The van der Waals surface area contributed by atoms with Crippen molar-refractivity contribution in [3.8, 4) is 5.75 Å². The molecule has 1 aromatic rings. The van der Waals surface area contributed by atoms with Crippen LogP contribution in [0.2, 0.25) is 0 Å². The zero-order valence-corrected chi connectivity index (χ0v) is 8.47.